The van der Waals surface area contributed by atoms with Crippen LogP contribution in [0.5, 0.6) is 0 Å². The first-order valence-electron chi connectivity index (χ1n) is 7.92. The zero-order chi connectivity index (χ0) is 14.5. The van der Waals surface area contributed by atoms with E-state index in [1.54, 1.807) is 0 Å². The summed E-state index contributed by atoms with van der Waals surface area (Å²) in [6.07, 6.45) is 7.44. The first-order valence-corrected chi connectivity index (χ1v) is 8.99. The van der Waals surface area contributed by atoms with Crippen LogP contribution in [0.4, 0.5) is 5.82 Å². The zero-order valence-electron chi connectivity index (χ0n) is 12.9. The van der Waals surface area contributed by atoms with Gasteiger partial charge in [0.1, 0.15) is 11.6 Å². The Labute approximate surface area is 136 Å². The van der Waals surface area contributed by atoms with Crippen LogP contribution >= 0.6 is 22.6 Å². The van der Waals surface area contributed by atoms with Gasteiger partial charge < -0.3 is 5.32 Å². The minimum absolute atomic E-state index is 0.653. The maximum Gasteiger partial charge on any atom is 0.143 e. The van der Waals surface area contributed by atoms with Gasteiger partial charge in [0.05, 0.1) is 9.26 Å². The quantitative estimate of drug-likeness (QED) is 0.716. The van der Waals surface area contributed by atoms with Crippen molar-refractivity contribution in [1.29, 1.82) is 0 Å². The van der Waals surface area contributed by atoms with Crippen LogP contribution in [0.15, 0.2) is 0 Å². The Morgan fingerprint density at radius 3 is 2.55 bits per heavy atom. The van der Waals surface area contributed by atoms with Gasteiger partial charge in [0.2, 0.25) is 0 Å². The topological polar surface area (TPSA) is 37.8 Å². The summed E-state index contributed by atoms with van der Waals surface area (Å²) in [6.45, 7) is 7.56. The lowest BCUT2D eigenvalue weighted by Crippen LogP contribution is -2.12. The molecule has 0 atom stereocenters. The van der Waals surface area contributed by atoms with Crippen LogP contribution in [0.2, 0.25) is 0 Å². The lowest BCUT2D eigenvalue weighted by Gasteiger charge is -2.16. The molecule has 1 aromatic rings. The largest absolute Gasteiger partial charge is 0.369 e. The summed E-state index contributed by atoms with van der Waals surface area (Å²) < 4.78 is 1.24. The number of aromatic nitrogens is 2. The maximum absolute atomic E-state index is 4.91. The summed E-state index contributed by atoms with van der Waals surface area (Å²) in [5.41, 5.74) is 1.30. The molecule has 1 saturated carbocycles. The van der Waals surface area contributed by atoms with Gasteiger partial charge in [-0.25, -0.2) is 9.97 Å². The molecule has 0 unspecified atom stereocenters. The molecular formula is C16H26IN3. The van der Waals surface area contributed by atoms with E-state index in [4.69, 9.17) is 9.97 Å². The number of nitrogens with zero attached hydrogens (tertiary/aromatic N) is 2. The van der Waals surface area contributed by atoms with Crippen LogP contribution in [0.3, 0.4) is 0 Å². The number of anilines is 1. The number of hydrogen-bond acceptors (Lipinski definition) is 3. The average molecular weight is 387 g/mol. The molecule has 0 aromatic carbocycles. The van der Waals surface area contributed by atoms with Crippen molar-refractivity contribution >= 4 is 28.4 Å². The number of nitrogens with one attached hydrogen (secondary N) is 1. The van der Waals surface area contributed by atoms with Crippen LogP contribution in [-0.4, -0.2) is 16.5 Å². The van der Waals surface area contributed by atoms with E-state index in [0.29, 0.717) is 11.8 Å². The monoisotopic (exact) mass is 387 g/mol. The highest BCUT2D eigenvalue weighted by molar-refractivity contribution is 14.1. The summed E-state index contributed by atoms with van der Waals surface area (Å²) in [5, 5.41) is 3.41. The van der Waals surface area contributed by atoms with Gasteiger partial charge in [0, 0.05) is 18.9 Å². The molecule has 3 nitrogen and oxygen atoms in total. The fraction of sp³-hybridized carbons (Fsp3) is 0.750. The molecule has 0 amide bonds. The lowest BCUT2D eigenvalue weighted by molar-refractivity contribution is 0.570. The van der Waals surface area contributed by atoms with E-state index in [9.17, 15) is 0 Å². The summed E-state index contributed by atoms with van der Waals surface area (Å²) in [5.74, 6) is 3.43. The Bertz CT molecular complexity index is 440. The first-order chi connectivity index (χ1) is 9.61. The molecule has 0 bridgehead atoms. The van der Waals surface area contributed by atoms with Gasteiger partial charge in [0.15, 0.2) is 0 Å². The minimum atomic E-state index is 0.653. The molecule has 2 rings (SSSR count). The Hall–Kier alpha value is -0.390. The predicted molar refractivity (Wildman–Crippen MR) is 93.3 cm³/mol. The molecule has 1 aromatic heterocycles. The van der Waals surface area contributed by atoms with Gasteiger partial charge in [0.25, 0.3) is 0 Å². The molecule has 4 heteroatoms. The molecule has 1 N–H and O–H groups in total. The van der Waals surface area contributed by atoms with Crippen LogP contribution in [0.25, 0.3) is 0 Å². The van der Waals surface area contributed by atoms with Crippen LogP contribution in [0.1, 0.15) is 70.3 Å². The third-order valence-electron chi connectivity index (χ3n) is 3.95. The molecule has 0 radical (unpaired) electrons. The van der Waals surface area contributed by atoms with Gasteiger partial charge in [-0.2, -0.15) is 0 Å². The normalized spacial score (nSPS) is 16.1. The van der Waals surface area contributed by atoms with E-state index in [1.165, 1.54) is 34.9 Å². The van der Waals surface area contributed by atoms with E-state index in [1.807, 2.05) is 0 Å². The Morgan fingerprint density at radius 2 is 1.95 bits per heavy atom. The third kappa shape index (κ3) is 4.06. The second-order valence-electron chi connectivity index (χ2n) is 6.13. The molecule has 20 heavy (non-hydrogen) atoms. The maximum atomic E-state index is 4.91. The zero-order valence-corrected chi connectivity index (χ0v) is 15.0. The van der Waals surface area contributed by atoms with Crippen molar-refractivity contribution in [2.24, 2.45) is 5.92 Å². The van der Waals surface area contributed by atoms with Crippen molar-refractivity contribution in [2.45, 2.75) is 65.2 Å². The average Bonchev–Trinajstić information content (AvgIpc) is 2.93. The van der Waals surface area contributed by atoms with E-state index < -0.39 is 0 Å². The molecular weight excluding hydrogens is 361 g/mol. The Morgan fingerprint density at radius 1 is 1.25 bits per heavy atom. The molecule has 0 aliphatic heterocycles. The van der Waals surface area contributed by atoms with Crippen molar-refractivity contribution in [3.8, 4) is 0 Å². The van der Waals surface area contributed by atoms with E-state index in [2.05, 4.69) is 48.7 Å². The Kier molecular flexibility index (Phi) is 6.05. The van der Waals surface area contributed by atoms with Crippen molar-refractivity contribution in [2.75, 3.05) is 11.9 Å². The second-order valence-corrected chi connectivity index (χ2v) is 7.21. The number of hydrogen-bond donors (Lipinski definition) is 1. The summed E-state index contributed by atoms with van der Waals surface area (Å²) in [4.78, 5) is 9.65. The Balaban J connectivity index is 2.27. The van der Waals surface area contributed by atoms with Gasteiger partial charge >= 0.3 is 0 Å². The van der Waals surface area contributed by atoms with Gasteiger partial charge in [-0.05, 0) is 54.7 Å². The lowest BCUT2D eigenvalue weighted by atomic mass is 10.0. The predicted octanol–water partition coefficient (Wildman–Crippen LogP) is 4.76. The second kappa shape index (κ2) is 7.57. The molecule has 0 spiro atoms. The molecule has 112 valence electrons. The molecule has 1 fully saturated rings. The number of halogens is 1. The molecule has 1 heterocycles. The smallest absolute Gasteiger partial charge is 0.143 e. The molecule has 1 aliphatic rings. The minimum Gasteiger partial charge on any atom is -0.369 e. The van der Waals surface area contributed by atoms with Crippen molar-refractivity contribution < 1.29 is 0 Å². The van der Waals surface area contributed by atoms with Gasteiger partial charge in [-0.1, -0.05) is 26.7 Å². The SMILES string of the molecule is CCNc1nc(CCC(C)C)nc(C2CCCC2)c1I. The highest BCUT2D eigenvalue weighted by Gasteiger charge is 2.23. The number of aryl methyl sites for hydroxylation is 1. The first kappa shape index (κ1) is 16.0. The van der Waals surface area contributed by atoms with Gasteiger partial charge in [-0.15, -0.1) is 0 Å². The van der Waals surface area contributed by atoms with E-state index in [-0.39, 0.29) is 0 Å². The summed E-state index contributed by atoms with van der Waals surface area (Å²) in [7, 11) is 0. The van der Waals surface area contributed by atoms with Gasteiger partial charge in [-0.3, -0.25) is 0 Å². The van der Waals surface area contributed by atoms with Crippen molar-refractivity contribution in [3.63, 3.8) is 0 Å². The molecule has 0 saturated heterocycles. The van der Waals surface area contributed by atoms with Crippen molar-refractivity contribution in [1.82, 2.24) is 9.97 Å². The van der Waals surface area contributed by atoms with Crippen LogP contribution in [0, 0.1) is 9.49 Å². The standard InChI is InChI=1S/C16H26IN3/c1-4-18-16-14(17)15(12-7-5-6-8-12)19-13(20-16)10-9-11(2)3/h11-12H,4-10H2,1-3H3,(H,18,19,20). The summed E-state index contributed by atoms with van der Waals surface area (Å²) in [6, 6.07) is 0. The fourth-order valence-corrected chi connectivity index (χ4v) is 3.67. The van der Waals surface area contributed by atoms with Crippen LogP contribution < -0.4 is 5.32 Å². The van der Waals surface area contributed by atoms with Crippen LogP contribution in [-0.2, 0) is 6.42 Å². The fourth-order valence-electron chi connectivity index (χ4n) is 2.80. The third-order valence-corrected chi connectivity index (χ3v) is 5.02. The highest BCUT2D eigenvalue weighted by Crippen LogP contribution is 2.37. The van der Waals surface area contributed by atoms with E-state index >= 15 is 0 Å². The highest BCUT2D eigenvalue weighted by atomic mass is 127. The molecule has 1 aliphatic carbocycles. The van der Waals surface area contributed by atoms with Crippen molar-refractivity contribution in [3.05, 3.63) is 15.1 Å². The van der Waals surface area contributed by atoms with E-state index in [0.717, 1.165) is 31.0 Å². The summed E-state index contributed by atoms with van der Waals surface area (Å²) >= 11 is 2.42. The number of rotatable bonds is 6.